The summed E-state index contributed by atoms with van der Waals surface area (Å²) in [5, 5.41) is 0. The van der Waals surface area contributed by atoms with E-state index in [0.29, 0.717) is 5.75 Å². The second-order valence-corrected chi connectivity index (χ2v) is 3.62. The first-order valence-electron chi connectivity index (χ1n) is 5.23. The van der Waals surface area contributed by atoms with Crippen molar-refractivity contribution in [3.63, 3.8) is 0 Å². The minimum atomic E-state index is -0.342. The normalized spacial score (nSPS) is 23.5. The van der Waals surface area contributed by atoms with Crippen LogP contribution in [0.4, 0.5) is 0 Å². The molecule has 0 N–H and O–H groups in total. The van der Waals surface area contributed by atoms with Crippen molar-refractivity contribution >= 4 is 5.97 Å². The van der Waals surface area contributed by atoms with E-state index in [2.05, 4.69) is 6.92 Å². The molecule has 1 fully saturated rings. The molecule has 1 aromatic rings. The Morgan fingerprint density at radius 3 is 2.80 bits per heavy atom. The SMILES string of the molecule is CCC[C@H]1O[C@H]1C(=O)Oc1ccccc1. The van der Waals surface area contributed by atoms with Crippen molar-refractivity contribution in [1.29, 1.82) is 0 Å². The maximum absolute atomic E-state index is 11.5. The fourth-order valence-electron chi connectivity index (χ4n) is 1.52. The molecular weight excluding hydrogens is 192 g/mol. The van der Waals surface area contributed by atoms with Crippen molar-refractivity contribution in [3.8, 4) is 5.75 Å². The Morgan fingerprint density at radius 1 is 1.40 bits per heavy atom. The van der Waals surface area contributed by atoms with E-state index in [1.165, 1.54) is 0 Å². The number of hydrogen-bond donors (Lipinski definition) is 0. The van der Waals surface area contributed by atoms with Crippen LogP contribution in [0.1, 0.15) is 19.8 Å². The molecule has 1 aromatic carbocycles. The third-order valence-electron chi connectivity index (χ3n) is 2.35. The van der Waals surface area contributed by atoms with Crippen molar-refractivity contribution in [2.24, 2.45) is 0 Å². The van der Waals surface area contributed by atoms with E-state index in [1.807, 2.05) is 18.2 Å². The van der Waals surface area contributed by atoms with Gasteiger partial charge in [0, 0.05) is 0 Å². The van der Waals surface area contributed by atoms with Crippen molar-refractivity contribution in [1.82, 2.24) is 0 Å². The van der Waals surface area contributed by atoms with Crippen LogP contribution in [0.15, 0.2) is 30.3 Å². The van der Waals surface area contributed by atoms with Crippen LogP contribution in [-0.2, 0) is 9.53 Å². The first-order valence-corrected chi connectivity index (χ1v) is 5.23. The Kier molecular flexibility index (Phi) is 3.02. The number of benzene rings is 1. The van der Waals surface area contributed by atoms with Crippen LogP contribution in [-0.4, -0.2) is 18.2 Å². The van der Waals surface area contributed by atoms with Gasteiger partial charge in [0.15, 0.2) is 6.10 Å². The van der Waals surface area contributed by atoms with Gasteiger partial charge in [-0.25, -0.2) is 4.79 Å². The number of carbonyl (C=O) groups excluding carboxylic acids is 1. The van der Waals surface area contributed by atoms with E-state index in [1.54, 1.807) is 12.1 Å². The van der Waals surface area contributed by atoms with E-state index in [0.717, 1.165) is 12.8 Å². The first-order chi connectivity index (χ1) is 7.31. The molecule has 80 valence electrons. The van der Waals surface area contributed by atoms with Crippen LogP contribution >= 0.6 is 0 Å². The number of ether oxygens (including phenoxy) is 2. The lowest BCUT2D eigenvalue weighted by Crippen LogP contribution is -2.17. The van der Waals surface area contributed by atoms with Gasteiger partial charge in [-0.2, -0.15) is 0 Å². The minimum absolute atomic E-state index is 0.0752. The van der Waals surface area contributed by atoms with Gasteiger partial charge < -0.3 is 9.47 Å². The molecular formula is C12H14O3. The number of para-hydroxylation sites is 1. The van der Waals surface area contributed by atoms with E-state index in [4.69, 9.17) is 9.47 Å². The third-order valence-corrected chi connectivity index (χ3v) is 2.35. The first kappa shape index (κ1) is 10.2. The predicted molar refractivity (Wildman–Crippen MR) is 55.6 cm³/mol. The maximum Gasteiger partial charge on any atom is 0.343 e. The number of esters is 1. The summed E-state index contributed by atoms with van der Waals surface area (Å²) in [5.41, 5.74) is 0. The van der Waals surface area contributed by atoms with Gasteiger partial charge in [-0.1, -0.05) is 31.5 Å². The number of rotatable bonds is 4. The van der Waals surface area contributed by atoms with Crippen LogP contribution in [0.2, 0.25) is 0 Å². The largest absolute Gasteiger partial charge is 0.425 e. The lowest BCUT2D eigenvalue weighted by molar-refractivity contribution is -0.135. The van der Waals surface area contributed by atoms with E-state index in [-0.39, 0.29) is 18.2 Å². The maximum atomic E-state index is 11.5. The molecule has 1 aliphatic rings. The van der Waals surface area contributed by atoms with Gasteiger partial charge in [-0.15, -0.1) is 0 Å². The topological polar surface area (TPSA) is 38.8 Å². The second-order valence-electron chi connectivity index (χ2n) is 3.62. The summed E-state index contributed by atoms with van der Waals surface area (Å²) in [6.45, 7) is 2.07. The Bertz CT molecular complexity index is 334. The number of hydrogen-bond acceptors (Lipinski definition) is 3. The summed E-state index contributed by atoms with van der Waals surface area (Å²) < 4.78 is 10.4. The molecule has 0 bridgehead atoms. The predicted octanol–water partition coefficient (Wildman–Crippen LogP) is 2.16. The quantitative estimate of drug-likeness (QED) is 0.430. The molecule has 15 heavy (non-hydrogen) atoms. The van der Waals surface area contributed by atoms with Gasteiger partial charge >= 0.3 is 5.97 Å². The van der Waals surface area contributed by atoms with Crippen LogP contribution in [0, 0.1) is 0 Å². The average molecular weight is 206 g/mol. The molecule has 1 aliphatic heterocycles. The molecule has 2 atom stereocenters. The molecule has 0 saturated carbocycles. The van der Waals surface area contributed by atoms with Crippen LogP contribution in [0.25, 0.3) is 0 Å². The van der Waals surface area contributed by atoms with E-state index >= 15 is 0 Å². The fourth-order valence-corrected chi connectivity index (χ4v) is 1.52. The summed E-state index contributed by atoms with van der Waals surface area (Å²) in [4.78, 5) is 11.5. The Morgan fingerprint density at radius 2 is 2.13 bits per heavy atom. The molecule has 1 heterocycles. The molecule has 1 saturated heterocycles. The highest BCUT2D eigenvalue weighted by Gasteiger charge is 2.45. The Labute approximate surface area is 89.0 Å². The van der Waals surface area contributed by atoms with Crippen molar-refractivity contribution in [2.45, 2.75) is 32.0 Å². The van der Waals surface area contributed by atoms with Gasteiger partial charge in [0.25, 0.3) is 0 Å². The zero-order chi connectivity index (χ0) is 10.7. The average Bonchev–Trinajstić information content (AvgIpc) is 2.99. The summed E-state index contributed by atoms with van der Waals surface area (Å²) in [6.07, 6.45) is 1.69. The summed E-state index contributed by atoms with van der Waals surface area (Å²) in [7, 11) is 0. The van der Waals surface area contributed by atoms with Gasteiger partial charge in [-0.3, -0.25) is 0 Å². The zero-order valence-corrected chi connectivity index (χ0v) is 8.68. The monoisotopic (exact) mass is 206 g/mol. The highest BCUT2D eigenvalue weighted by atomic mass is 16.6. The minimum Gasteiger partial charge on any atom is -0.425 e. The molecule has 0 aromatic heterocycles. The van der Waals surface area contributed by atoms with Gasteiger partial charge in [0.05, 0.1) is 6.10 Å². The zero-order valence-electron chi connectivity index (χ0n) is 8.68. The Balaban J connectivity index is 1.84. The number of epoxide rings is 1. The lowest BCUT2D eigenvalue weighted by atomic mass is 10.2. The van der Waals surface area contributed by atoms with Crippen LogP contribution in [0.5, 0.6) is 5.75 Å². The highest BCUT2D eigenvalue weighted by Crippen LogP contribution is 2.28. The molecule has 2 rings (SSSR count). The van der Waals surface area contributed by atoms with E-state index in [9.17, 15) is 4.79 Å². The highest BCUT2D eigenvalue weighted by molar-refractivity contribution is 5.80. The number of carbonyl (C=O) groups is 1. The summed E-state index contributed by atoms with van der Waals surface area (Å²) in [5.74, 6) is 0.299. The van der Waals surface area contributed by atoms with Crippen molar-refractivity contribution in [3.05, 3.63) is 30.3 Å². The molecule has 0 spiro atoms. The molecule has 0 aliphatic carbocycles. The smallest absolute Gasteiger partial charge is 0.343 e. The van der Waals surface area contributed by atoms with Crippen molar-refractivity contribution < 1.29 is 14.3 Å². The van der Waals surface area contributed by atoms with Gasteiger partial charge in [0.2, 0.25) is 0 Å². The summed E-state index contributed by atoms with van der Waals surface area (Å²) >= 11 is 0. The van der Waals surface area contributed by atoms with E-state index < -0.39 is 0 Å². The van der Waals surface area contributed by atoms with Crippen LogP contribution < -0.4 is 4.74 Å². The van der Waals surface area contributed by atoms with Gasteiger partial charge in [-0.05, 0) is 18.6 Å². The lowest BCUT2D eigenvalue weighted by Gasteiger charge is -2.00. The molecule has 3 nitrogen and oxygen atoms in total. The van der Waals surface area contributed by atoms with Crippen molar-refractivity contribution in [2.75, 3.05) is 0 Å². The van der Waals surface area contributed by atoms with Crippen LogP contribution in [0.3, 0.4) is 0 Å². The molecule has 0 unspecified atom stereocenters. The fraction of sp³-hybridized carbons (Fsp3) is 0.417. The molecule has 0 radical (unpaired) electrons. The third kappa shape index (κ3) is 2.57. The van der Waals surface area contributed by atoms with Gasteiger partial charge in [0.1, 0.15) is 5.75 Å². The standard InChI is InChI=1S/C12H14O3/c1-2-6-10-11(15-10)12(13)14-9-7-4-3-5-8-9/h3-5,7-8,10-11H,2,6H2,1H3/t10-,11-/m1/s1. The second kappa shape index (κ2) is 4.45. The summed E-state index contributed by atoms with van der Waals surface area (Å²) in [6, 6.07) is 9.06. The molecule has 3 heteroatoms. The molecule has 0 amide bonds. The Hall–Kier alpha value is -1.35.